The molecular weight excluding hydrogens is 404 g/mol. The number of aromatic nitrogens is 3. The summed E-state index contributed by atoms with van der Waals surface area (Å²) in [6.45, 7) is 0. The third kappa shape index (κ3) is 2.92. The van der Waals surface area contributed by atoms with Crippen LogP contribution in [0.2, 0.25) is 0 Å². The molecule has 1 spiro atoms. The first-order valence-corrected chi connectivity index (χ1v) is 11.0. The fraction of sp³-hybridized carbons (Fsp3) is 0.320. The van der Waals surface area contributed by atoms with Gasteiger partial charge in [0.15, 0.2) is 0 Å². The van der Waals surface area contributed by atoms with E-state index in [9.17, 15) is 9.59 Å². The van der Waals surface area contributed by atoms with E-state index in [0.29, 0.717) is 17.0 Å². The van der Waals surface area contributed by atoms with Crippen LogP contribution in [-0.4, -0.2) is 34.2 Å². The molecule has 4 aromatic rings. The van der Waals surface area contributed by atoms with Gasteiger partial charge in [-0.1, -0.05) is 30.3 Å². The first-order valence-electron chi connectivity index (χ1n) is 11.0. The number of carbonyl (C=O) groups is 1. The lowest BCUT2D eigenvalue weighted by molar-refractivity contribution is -0.0197. The fourth-order valence-electron chi connectivity index (χ4n) is 5.73. The Morgan fingerprint density at radius 2 is 1.88 bits per heavy atom. The molecule has 0 radical (unpaired) electrons. The number of aromatic amines is 2. The van der Waals surface area contributed by atoms with E-state index in [2.05, 4.69) is 20.5 Å². The molecule has 2 aromatic carbocycles. The summed E-state index contributed by atoms with van der Waals surface area (Å²) in [6, 6.07) is 15.5. The van der Waals surface area contributed by atoms with Gasteiger partial charge in [0.1, 0.15) is 11.4 Å². The van der Waals surface area contributed by atoms with Crippen molar-refractivity contribution in [3.8, 4) is 5.75 Å². The minimum atomic E-state index is -0.139. The first-order chi connectivity index (χ1) is 15.5. The third-order valence-electron chi connectivity index (χ3n) is 7.25. The Hall–Kier alpha value is -3.61. The van der Waals surface area contributed by atoms with Gasteiger partial charge < -0.3 is 15.0 Å². The molecule has 3 N–H and O–H groups in total. The quantitative estimate of drug-likeness (QED) is 0.459. The second-order valence-corrected chi connectivity index (χ2v) is 9.27. The molecule has 0 atom stereocenters. The molecule has 162 valence electrons. The number of methoxy groups -OCH3 is 1. The monoisotopic (exact) mass is 428 g/mol. The van der Waals surface area contributed by atoms with Gasteiger partial charge >= 0.3 is 0 Å². The largest absolute Gasteiger partial charge is 0.495 e. The van der Waals surface area contributed by atoms with Crippen molar-refractivity contribution < 1.29 is 9.53 Å². The van der Waals surface area contributed by atoms with E-state index in [-0.39, 0.29) is 22.9 Å². The molecule has 1 amide bonds. The van der Waals surface area contributed by atoms with Crippen LogP contribution in [0.4, 0.5) is 0 Å². The minimum Gasteiger partial charge on any atom is -0.495 e. The Balaban J connectivity index is 1.11. The summed E-state index contributed by atoms with van der Waals surface area (Å²) in [7, 11) is 1.63. The van der Waals surface area contributed by atoms with E-state index < -0.39 is 0 Å². The van der Waals surface area contributed by atoms with Crippen LogP contribution in [-0.2, 0) is 0 Å². The summed E-state index contributed by atoms with van der Waals surface area (Å²) in [5.74, 6) is 1.01. The van der Waals surface area contributed by atoms with Crippen molar-refractivity contribution in [1.29, 1.82) is 0 Å². The molecule has 0 aliphatic heterocycles. The van der Waals surface area contributed by atoms with Crippen LogP contribution >= 0.6 is 0 Å². The predicted molar refractivity (Wildman–Crippen MR) is 122 cm³/mol. The number of ether oxygens (including phenoxy) is 1. The number of rotatable bonds is 4. The highest BCUT2D eigenvalue weighted by Crippen LogP contribution is 2.62. The highest BCUT2D eigenvalue weighted by Gasteiger charge is 2.54. The summed E-state index contributed by atoms with van der Waals surface area (Å²) >= 11 is 0. The van der Waals surface area contributed by atoms with Crippen molar-refractivity contribution in [2.75, 3.05) is 7.11 Å². The molecule has 7 heteroatoms. The summed E-state index contributed by atoms with van der Waals surface area (Å²) in [5, 5.41) is 12.8. The number of hydrogen-bond donors (Lipinski definition) is 3. The first kappa shape index (κ1) is 19.1. The molecule has 6 rings (SSSR count). The van der Waals surface area contributed by atoms with Crippen LogP contribution in [0, 0.1) is 5.41 Å². The van der Waals surface area contributed by atoms with Gasteiger partial charge in [0.25, 0.3) is 11.5 Å². The number of hydrogen-bond acceptors (Lipinski definition) is 4. The van der Waals surface area contributed by atoms with Crippen molar-refractivity contribution in [1.82, 2.24) is 20.5 Å². The molecule has 2 saturated carbocycles. The molecule has 0 unspecified atom stereocenters. The number of amides is 1. The number of fused-ring (bicyclic) bond motifs is 2. The van der Waals surface area contributed by atoms with Crippen molar-refractivity contribution in [2.24, 2.45) is 5.41 Å². The van der Waals surface area contributed by atoms with E-state index in [1.54, 1.807) is 7.11 Å². The van der Waals surface area contributed by atoms with Crippen LogP contribution in [0.3, 0.4) is 0 Å². The zero-order chi connectivity index (χ0) is 21.9. The molecule has 32 heavy (non-hydrogen) atoms. The summed E-state index contributed by atoms with van der Waals surface area (Å²) in [4.78, 5) is 28.0. The van der Waals surface area contributed by atoms with Crippen LogP contribution in [0.5, 0.6) is 5.75 Å². The fourth-order valence-corrected chi connectivity index (χ4v) is 5.73. The number of nitrogens with zero attached hydrogens (tertiary/aromatic N) is 1. The maximum atomic E-state index is 12.8. The molecule has 0 bridgehead atoms. The standard InChI is InChI=1S/C25H24N4O3/c1-32-20-8-4-5-14-9-19(27-22(14)20)24(31)26-16-12-25(13-16)10-15(11-25)21-17-6-2-3-7-18(17)23(30)29-28-21/h2-9,15-16,27H,10-13H2,1H3,(H,26,31)(H,29,30). The SMILES string of the molecule is COc1cccc2cc(C(=O)NC3CC4(C3)CC(c3n[nH]c(=O)c5ccccc35)C4)[nH]c12. The summed E-state index contributed by atoms with van der Waals surface area (Å²) < 4.78 is 5.38. The van der Waals surface area contributed by atoms with Gasteiger partial charge in [0, 0.05) is 22.7 Å². The third-order valence-corrected chi connectivity index (χ3v) is 7.25. The van der Waals surface area contributed by atoms with Gasteiger partial charge in [-0.15, -0.1) is 0 Å². The molecule has 2 heterocycles. The second kappa shape index (κ2) is 6.95. The summed E-state index contributed by atoms with van der Waals surface area (Å²) in [6.07, 6.45) is 4.07. The topological polar surface area (TPSA) is 99.9 Å². The van der Waals surface area contributed by atoms with Crippen LogP contribution in [0.15, 0.2) is 53.3 Å². The van der Waals surface area contributed by atoms with Crippen LogP contribution in [0.1, 0.15) is 47.8 Å². The Morgan fingerprint density at radius 3 is 2.66 bits per heavy atom. The molecule has 2 fully saturated rings. The Bertz CT molecular complexity index is 1410. The van der Waals surface area contributed by atoms with E-state index in [4.69, 9.17) is 4.74 Å². The average Bonchev–Trinajstić information content (AvgIpc) is 3.20. The zero-order valence-corrected chi connectivity index (χ0v) is 17.8. The Morgan fingerprint density at radius 1 is 1.09 bits per heavy atom. The van der Waals surface area contributed by atoms with Gasteiger partial charge in [-0.2, -0.15) is 5.10 Å². The smallest absolute Gasteiger partial charge is 0.272 e. The highest BCUT2D eigenvalue weighted by molar-refractivity contribution is 5.99. The van der Waals surface area contributed by atoms with Gasteiger partial charge in [-0.3, -0.25) is 9.59 Å². The van der Waals surface area contributed by atoms with Gasteiger partial charge in [-0.25, -0.2) is 5.10 Å². The van der Waals surface area contributed by atoms with Crippen LogP contribution in [0.25, 0.3) is 21.7 Å². The summed E-state index contributed by atoms with van der Waals surface area (Å²) in [5.41, 5.74) is 2.53. The van der Waals surface area contributed by atoms with Crippen molar-refractivity contribution in [3.63, 3.8) is 0 Å². The second-order valence-electron chi connectivity index (χ2n) is 9.27. The van der Waals surface area contributed by atoms with E-state index in [0.717, 1.165) is 53.4 Å². The van der Waals surface area contributed by atoms with E-state index in [1.807, 2.05) is 48.5 Å². The number of para-hydroxylation sites is 1. The normalized spacial score (nSPS) is 24.3. The molecular formula is C25H24N4O3. The molecule has 2 aliphatic rings. The molecule has 2 aliphatic carbocycles. The molecule has 7 nitrogen and oxygen atoms in total. The average molecular weight is 428 g/mol. The molecule has 2 aromatic heterocycles. The van der Waals surface area contributed by atoms with Crippen molar-refractivity contribution in [2.45, 2.75) is 37.6 Å². The van der Waals surface area contributed by atoms with Crippen molar-refractivity contribution in [3.05, 3.63) is 70.3 Å². The number of nitrogens with one attached hydrogen (secondary N) is 3. The van der Waals surface area contributed by atoms with Crippen molar-refractivity contribution >= 4 is 27.6 Å². The van der Waals surface area contributed by atoms with E-state index in [1.165, 1.54) is 0 Å². The number of H-pyrrole nitrogens is 2. The lowest BCUT2D eigenvalue weighted by atomic mass is 9.49. The van der Waals surface area contributed by atoms with Gasteiger partial charge in [-0.05, 0) is 49.3 Å². The maximum Gasteiger partial charge on any atom is 0.272 e. The lowest BCUT2D eigenvalue weighted by Gasteiger charge is -2.57. The van der Waals surface area contributed by atoms with E-state index >= 15 is 0 Å². The highest BCUT2D eigenvalue weighted by atomic mass is 16.5. The maximum absolute atomic E-state index is 12.8. The number of carbonyl (C=O) groups excluding carboxylic acids is 1. The number of benzene rings is 2. The minimum absolute atomic E-state index is 0.0766. The predicted octanol–water partition coefficient (Wildman–Crippen LogP) is 3.87. The Kier molecular flexibility index (Phi) is 4.15. The Labute approximate surface area is 184 Å². The van der Waals surface area contributed by atoms with Gasteiger partial charge in [0.2, 0.25) is 0 Å². The zero-order valence-electron chi connectivity index (χ0n) is 17.8. The lowest BCUT2D eigenvalue weighted by Crippen LogP contribution is -2.55. The van der Waals surface area contributed by atoms with Crippen LogP contribution < -0.4 is 15.6 Å². The van der Waals surface area contributed by atoms with Gasteiger partial charge in [0.05, 0.1) is 23.7 Å². The molecule has 0 saturated heterocycles.